The average molecular weight is 543 g/mol. The Kier molecular flexibility index (Phi) is 8.67. The van der Waals surface area contributed by atoms with Gasteiger partial charge in [0.05, 0.1) is 12.2 Å². The third kappa shape index (κ3) is 5.66. The van der Waals surface area contributed by atoms with E-state index >= 15 is 0 Å². The normalized spacial score (nSPS) is 35.6. The first-order valence-electron chi connectivity index (χ1n) is 12.9. The standard InChI is InChI=1S/C27H37F7O3/c1-15(6-11-23(28)25(37,26(29,30)31)27(32,33)34)20-9-10-21-17(5-4-12-24(20,21)3)7-8-18-13-19(35)14-22(36)16(18)2/h7-8,15,19-23,35-37H,2,4-6,9-14H2,1,3H3/b17-7?,18-8-/t15-,19-,20-,21?,22-,23?,24-/m1/s1. The second-order valence-corrected chi connectivity index (χ2v) is 11.4. The number of aliphatic hydroxyl groups is 3. The number of hydrogen-bond donors (Lipinski definition) is 3. The van der Waals surface area contributed by atoms with Crippen LogP contribution in [0.5, 0.6) is 0 Å². The zero-order chi connectivity index (χ0) is 28.0. The van der Waals surface area contributed by atoms with Gasteiger partial charge in [-0.05, 0) is 85.7 Å². The Balaban J connectivity index is 1.73. The molecule has 3 aliphatic rings. The van der Waals surface area contributed by atoms with Crippen molar-refractivity contribution in [2.24, 2.45) is 23.2 Å². The van der Waals surface area contributed by atoms with Crippen LogP contribution in [0.15, 0.2) is 35.5 Å². The zero-order valence-corrected chi connectivity index (χ0v) is 21.2. The molecule has 0 aromatic heterocycles. The van der Waals surface area contributed by atoms with Gasteiger partial charge >= 0.3 is 12.4 Å². The summed E-state index contributed by atoms with van der Waals surface area (Å²) in [6.45, 7) is 7.75. The molecular weight excluding hydrogens is 505 g/mol. The summed E-state index contributed by atoms with van der Waals surface area (Å²) >= 11 is 0. The predicted molar refractivity (Wildman–Crippen MR) is 125 cm³/mol. The molecule has 0 bridgehead atoms. The van der Waals surface area contributed by atoms with Crippen molar-refractivity contribution in [3.63, 3.8) is 0 Å². The fourth-order valence-corrected chi connectivity index (χ4v) is 7.01. The molecule has 3 N–H and O–H groups in total. The minimum atomic E-state index is -6.17. The number of aliphatic hydroxyl groups excluding tert-OH is 2. The smallest absolute Gasteiger partial charge is 0.393 e. The SMILES string of the molecule is C=C1/C(=C\C=C2CCC[C@@]3(C)C2CC[C@@H]3[C@H](C)CCC(F)C(O)(C(F)(F)F)C(F)(F)F)C[C@@H](O)C[C@H]1O. The highest BCUT2D eigenvalue weighted by Crippen LogP contribution is 2.60. The summed E-state index contributed by atoms with van der Waals surface area (Å²) in [6, 6.07) is 0. The van der Waals surface area contributed by atoms with Gasteiger partial charge in [0.1, 0.15) is 6.17 Å². The molecule has 0 heterocycles. The van der Waals surface area contributed by atoms with Crippen LogP contribution in [0.1, 0.15) is 71.6 Å². The van der Waals surface area contributed by atoms with Crippen LogP contribution in [0.25, 0.3) is 0 Å². The Morgan fingerprint density at radius 1 is 1.05 bits per heavy atom. The Morgan fingerprint density at radius 2 is 1.68 bits per heavy atom. The molecule has 0 aromatic rings. The van der Waals surface area contributed by atoms with Gasteiger partial charge < -0.3 is 15.3 Å². The van der Waals surface area contributed by atoms with Gasteiger partial charge in [-0.3, -0.25) is 0 Å². The van der Waals surface area contributed by atoms with Crippen LogP contribution >= 0.6 is 0 Å². The molecule has 3 aliphatic carbocycles. The van der Waals surface area contributed by atoms with E-state index in [1.807, 2.05) is 12.2 Å². The molecule has 0 aromatic carbocycles. The highest BCUT2D eigenvalue weighted by atomic mass is 19.4. The molecule has 0 radical (unpaired) electrons. The van der Waals surface area contributed by atoms with Gasteiger partial charge in [-0.2, -0.15) is 26.3 Å². The number of halogens is 7. The minimum absolute atomic E-state index is 0.0146. The Morgan fingerprint density at radius 3 is 2.27 bits per heavy atom. The minimum Gasteiger partial charge on any atom is -0.393 e. The van der Waals surface area contributed by atoms with Gasteiger partial charge in [0.25, 0.3) is 5.60 Å². The first-order chi connectivity index (χ1) is 16.9. The van der Waals surface area contributed by atoms with Crippen LogP contribution in [0.2, 0.25) is 0 Å². The molecule has 0 aliphatic heterocycles. The maximum Gasteiger partial charge on any atom is 0.429 e. The van der Waals surface area contributed by atoms with Crippen molar-refractivity contribution in [2.75, 3.05) is 0 Å². The summed E-state index contributed by atoms with van der Waals surface area (Å²) in [7, 11) is 0. The number of hydrogen-bond acceptors (Lipinski definition) is 3. The quantitative estimate of drug-likeness (QED) is 0.326. The molecular formula is C27H37F7O3. The maximum atomic E-state index is 14.4. The van der Waals surface area contributed by atoms with Crippen LogP contribution in [-0.2, 0) is 0 Å². The zero-order valence-electron chi connectivity index (χ0n) is 21.2. The van der Waals surface area contributed by atoms with Crippen LogP contribution < -0.4 is 0 Å². The van der Waals surface area contributed by atoms with Gasteiger partial charge in [-0.1, -0.05) is 38.2 Å². The van der Waals surface area contributed by atoms with Crippen molar-refractivity contribution in [2.45, 2.75) is 108 Å². The second-order valence-electron chi connectivity index (χ2n) is 11.4. The first kappa shape index (κ1) is 30.2. The van der Waals surface area contributed by atoms with E-state index in [-0.39, 0.29) is 36.0 Å². The summed E-state index contributed by atoms with van der Waals surface area (Å²) in [4.78, 5) is 0. The summed E-state index contributed by atoms with van der Waals surface area (Å²) in [5, 5.41) is 29.4. The third-order valence-corrected chi connectivity index (χ3v) is 9.18. The molecule has 37 heavy (non-hydrogen) atoms. The lowest BCUT2D eigenvalue weighted by Gasteiger charge is -2.44. The predicted octanol–water partition coefficient (Wildman–Crippen LogP) is 6.74. The monoisotopic (exact) mass is 542 g/mol. The number of alkyl halides is 7. The Hall–Kier alpha value is -1.39. The van der Waals surface area contributed by atoms with E-state index in [0.29, 0.717) is 12.0 Å². The number of allylic oxidation sites excluding steroid dienone is 3. The van der Waals surface area contributed by atoms with Crippen molar-refractivity contribution in [3.8, 4) is 0 Å². The Bertz CT molecular complexity index is 893. The van der Waals surface area contributed by atoms with E-state index in [2.05, 4.69) is 13.5 Å². The summed E-state index contributed by atoms with van der Waals surface area (Å²) in [5.41, 5.74) is -3.08. The topological polar surface area (TPSA) is 60.7 Å². The van der Waals surface area contributed by atoms with Gasteiger partial charge in [-0.15, -0.1) is 0 Å². The summed E-state index contributed by atoms with van der Waals surface area (Å²) in [6.07, 6.45) is -9.94. The largest absolute Gasteiger partial charge is 0.429 e. The third-order valence-electron chi connectivity index (χ3n) is 9.18. The van der Waals surface area contributed by atoms with E-state index < -0.39 is 42.8 Å². The maximum absolute atomic E-state index is 14.4. The van der Waals surface area contributed by atoms with Crippen molar-refractivity contribution in [1.82, 2.24) is 0 Å². The Labute approximate surface area is 213 Å². The van der Waals surface area contributed by atoms with Crippen LogP contribution in [0.4, 0.5) is 30.7 Å². The van der Waals surface area contributed by atoms with Gasteiger partial charge in [-0.25, -0.2) is 4.39 Å². The lowest BCUT2D eigenvalue weighted by Crippen LogP contribution is -2.63. The lowest BCUT2D eigenvalue weighted by molar-refractivity contribution is -0.385. The van der Waals surface area contributed by atoms with Crippen molar-refractivity contribution in [3.05, 3.63) is 35.5 Å². The molecule has 10 heteroatoms. The van der Waals surface area contributed by atoms with Gasteiger partial charge in [0.2, 0.25) is 0 Å². The van der Waals surface area contributed by atoms with E-state index in [0.717, 1.165) is 37.7 Å². The molecule has 3 nitrogen and oxygen atoms in total. The molecule has 0 saturated heterocycles. The molecule has 3 saturated carbocycles. The fourth-order valence-electron chi connectivity index (χ4n) is 7.01. The van der Waals surface area contributed by atoms with Crippen LogP contribution in [0.3, 0.4) is 0 Å². The summed E-state index contributed by atoms with van der Waals surface area (Å²) in [5.74, 6) is -0.181. The molecule has 212 valence electrons. The van der Waals surface area contributed by atoms with E-state index in [1.54, 1.807) is 6.92 Å². The van der Waals surface area contributed by atoms with Gasteiger partial charge in [0.15, 0.2) is 0 Å². The van der Waals surface area contributed by atoms with Crippen molar-refractivity contribution < 1.29 is 46.1 Å². The highest BCUT2D eigenvalue weighted by molar-refractivity contribution is 5.38. The van der Waals surface area contributed by atoms with Gasteiger partial charge in [0, 0.05) is 6.42 Å². The van der Waals surface area contributed by atoms with E-state index in [1.165, 1.54) is 5.57 Å². The second kappa shape index (κ2) is 10.6. The van der Waals surface area contributed by atoms with Crippen LogP contribution in [0, 0.1) is 23.2 Å². The number of rotatable bonds is 6. The highest BCUT2D eigenvalue weighted by Gasteiger charge is 2.74. The van der Waals surface area contributed by atoms with Crippen molar-refractivity contribution in [1.29, 1.82) is 0 Å². The summed E-state index contributed by atoms with van der Waals surface area (Å²) < 4.78 is 92.5. The average Bonchev–Trinajstić information content (AvgIpc) is 3.14. The first-order valence-corrected chi connectivity index (χ1v) is 12.9. The molecule has 3 fully saturated rings. The van der Waals surface area contributed by atoms with Crippen LogP contribution in [-0.4, -0.2) is 51.7 Å². The van der Waals surface area contributed by atoms with E-state index in [9.17, 15) is 46.1 Å². The molecule has 0 spiro atoms. The van der Waals surface area contributed by atoms with Crippen molar-refractivity contribution >= 4 is 0 Å². The molecule has 2 unspecified atom stereocenters. The lowest BCUT2D eigenvalue weighted by atomic mass is 9.60. The molecule has 7 atom stereocenters. The molecule has 0 amide bonds. The molecule has 3 rings (SSSR count). The fraction of sp³-hybridized carbons (Fsp3) is 0.778. The number of fused-ring (bicyclic) bond motifs is 1. The van der Waals surface area contributed by atoms with E-state index in [4.69, 9.17) is 0 Å².